The molecule has 0 bridgehead atoms. The Labute approximate surface area is 207 Å². The van der Waals surface area contributed by atoms with Crippen molar-refractivity contribution >= 4 is 12.0 Å². The molecule has 0 aliphatic carbocycles. The summed E-state index contributed by atoms with van der Waals surface area (Å²) in [5, 5.41) is 0. The van der Waals surface area contributed by atoms with E-state index < -0.39 is 0 Å². The standard InChI is InChI=1S/C28H35FN2O4/c29-26-20-25(11-10-24(26)19-27(32)30-14-6-15-30)34-18-5-4-7-22-12-16-31(17-13-22)28(33)35-21-23-8-2-1-3-9-23/h1-3,8-11,20,22H,4-7,12-19,21H2. The van der Waals surface area contributed by atoms with Crippen LogP contribution in [0.15, 0.2) is 48.5 Å². The van der Waals surface area contributed by atoms with E-state index in [1.807, 2.05) is 30.3 Å². The molecule has 0 spiro atoms. The average Bonchev–Trinajstić information content (AvgIpc) is 2.84. The van der Waals surface area contributed by atoms with Crippen LogP contribution in [-0.2, 0) is 22.6 Å². The van der Waals surface area contributed by atoms with Crippen LogP contribution >= 0.6 is 0 Å². The van der Waals surface area contributed by atoms with Crippen LogP contribution in [0.1, 0.15) is 49.7 Å². The lowest BCUT2D eigenvalue weighted by atomic mass is 9.92. The Balaban J connectivity index is 1.07. The first-order valence-corrected chi connectivity index (χ1v) is 12.7. The number of carbonyl (C=O) groups excluding carboxylic acids is 2. The molecule has 2 saturated heterocycles. The Bertz CT molecular complexity index is 972. The van der Waals surface area contributed by atoms with Gasteiger partial charge in [-0.3, -0.25) is 4.79 Å². The van der Waals surface area contributed by atoms with Gasteiger partial charge in [0.05, 0.1) is 13.0 Å². The van der Waals surface area contributed by atoms with E-state index in [2.05, 4.69) is 0 Å². The van der Waals surface area contributed by atoms with Crippen molar-refractivity contribution in [3.05, 3.63) is 65.5 Å². The molecule has 2 aliphatic heterocycles. The van der Waals surface area contributed by atoms with Crippen molar-refractivity contribution in [3.63, 3.8) is 0 Å². The van der Waals surface area contributed by atoms with Crippen molar-refractivity contribution in [2.45, 2.75) is 51.6 Å². The number of rotatable bonds is 10. The van der Waals surface area contributed by atoms with E-state index in [1.54, 1.807) is 21.9 Å². The monoisotopic (exact) mass is 482 g/mol. The second kappa shape index (κ2) is 12.6. The molecule has 4 rings (SSSR count). The van der Waals surface area contributed by atoms with E-state index in [4.69, 9.17) is 9.47 Å². The number of hydrogen-bond donors (Lipinski definition) is 0. The molecule has 2 amide bonds. The molecule has 6 nitrogen and oxygen atoms in total. The molecule has 188 valence electrons. The normalized spacial score (nSPS) is 16.0. The van der Waals surface area contributed by atoms with Crippen molar-refractivity contribution in [3.8, 4) is 5.75 Å². The highest BCUT2D eigenvalue weighted by Gasteiger charge is 2.24. The predicted molar refractivity (Wildman–Crippen MR) is 132 cm³/mol. The van der Waals surface area contributed by atoms with Crippen LogP contribution in [0.25, 0.3) is 0 Å². The van der Waals surface area contributed by atoms with Crippen LogP contribution in [0.3, 0.4) is 0 Å². The number of amides is 2. The molecule has 0 saturated carbocycles. The largest absolute Gasteiger partial charge is 0.493 e. The fraction of sp³-hybridized carbons (Fsp3) is 0.500. The zero-order chi connectivity index (χ0) is 24.5. The highest BCUT2D eigenvalue weighted by molar-refractivity contribution is 5.79. The van der Waals surface area contributed by atoms with Crippen molar-refractivity contribution in [2.75, 3.05) is 32.8 Å². The summed E-state index contributed by atoms with van der Waals surface area (Å²) in [5.41, 5.74) is 1.42. The van der Waals surface area contributed by atoms with E-state index in [1.165, 1.54) is 6.07 Å². The van der Waals surface area contributed by atoms with Gasteiger partial charge < -0.3 is 19.3 Å². The molecule has 7 heteroatoms. The smallest absolute Gasteiger partial charge is 0.410 e. The number of carbonyl (C=O) groups is 2. The number of likely N-dealkylation sites (tertiary alicyclic amines) is 2. The van der Waals surface area contributed by atoms with E-state index in [0.29, 0.717) is 30.4 Å². The SMILES string of the molecule is O=C(Cc1ccc(OCCCCC2CCN(C(=O)OCc3ccccc3)CC2)cc1F)N1CCC1. The molecule has 35 heavy (non-hydrogen) atoms. The van der Waals surface area contributed by atoms with Crippen LogP contribution in [0.2, 0.25) is 0 Å². The zero-order valence-corrected chi connectivity index (χ0v) is 20.3. The molecule has 0 atom stereocenters. The van der Waals surface area contributed by atoms with Crippen molar-refractivity contribution < 1.29 is 23.5 Å². The Morgan fingerprint density at radius 1 is 0.943 bits per heavy atom. The number of ether oxygens (including phenoxy) is 2. The quantitative estimate of drug-likeness (QED) is 0.437. The summed E-state index contributed by atoms with van der Waals surface area (Å²) in [5.74, 6) is 0.711. The number of nitrogens with zero attached hydrogens (tertiary/aromatic N) is 2. The number of halogens is 1. The first-order valence-electron chi connectivity index (χ1n) is 12.7. The maximum atomic E-state index is 14.3. The lowest BCUT2D eigenvalue weighted by Gasteiger charge is -2.31. The highest BCUT2D eigenvalue weighted by Crippen LogP contribution is 2.24. The van der Waals surface area contributed by atoms with Gasteiger partial charge in [-0.25, -0.2) is 9.18 Å². The van der Waals surface area contributed by atoms with Gasteiger partial charge >= 0.3 is 6.09 Å². The fourth-order valence-electron chi connectivity index (χ4n) is 4.54. The van der Waals surface area contributed by atoms with Gasteiger partial charge in [0.15, 0.2) is 0 Å². The lowest BCUT2D eigenvalue weighted by molar-refractivity contribution is -0.133. The molecule has 2 aromatic carbocycles. The second-order valence-electron chi connectivity index (χ2n) is 9.48. The summed E-state index contributed by atoms with van der Waals surface area (Å²) in [4.78, 5) is 27.9. The molecule has 2 fully saturated rings. The van der Waals surface area contributed by atoms with Gasteiger partial charge in [0.25, 0.3) is 0 Å². The maximum Gasteiger partial charge on any atom is 0.410 e. The first-order chi connectivity index (χ1) is 17.1. The predicted octanol–water partition coefficient (Wildman–Crippen LogP) is 5.20. The number of benzene rings is 2. The molecule has 0 N–H and O–H groups in total. The van der Waals surface area contributed by atoms with Gasteiger partial charge in [0, 0.05) is 32.2 Å². The molecule has 0 unspecified atom stereocenters. The first kappa shape index (κ1) is 25.0. The third-order valence-corrected chi connectivity index (χ3v) is 6.93. The van der Waals surface area contributed by atoms with Crippen LogP contribution < -0.4 is 4.74 Å². The van der Waals surface area contributed by atoms with E-state index in [9.17, 15) is 14.0 Å². The van der Waals surface area contributed by atoms with Gasteiger partial charge in [-0.05, 0) is 55.2 Å². The van der Waals surface area contributed by atoms with Crippen LogP contribution in [0.5, 0.6) is 5.75 Å². The molecular formula is C28H35FN2O4. The van der Waals surface area contributed by atoms with Crippen LogP contribution in [-0.4, -0.2) is 54.6 Å². The summed E-state index contributed by atoms with van der Waals surface area (Å²) in [6, 6.07) is 14.5. The minimum atomic E-state index is -0.384. The number of piperidine rings is 1. The lowest BCUT2D eigenvalue weighted by Crippen LogP contribution is -2.42. The summed E-state index contributed by atoms with van der Waals surface area (Å²) in [6.45, 7) is 3.88. The van der Waals surface area contributed by atoms with E-state index in [-0.39, 0.29) is 24.2 Å². The minimum absolute atomic E-state index is 0.0151. The van der Waals surface area contributed by atoms with Gasteiger partial charge in [0.2, 0.25) is 5.91 Å². The molecule has 0 aromatic heterocycles. The summed E-state index contributed by atoms with van der Waals surface area (Å²) in [7, 11) is 0. The molecule has 0 radical (unpaired) electrons. The Hall–Kier alpha value is -3.09. The third kappa shape index (κ3) is 7.44. The van der Waals surface area contributed by atoms with Crippen LogP contribution in [0, 0.1) is 11.7 Å². The molecule has 2 aromatic rings. The van der Waals surface area contributed by atoms with Gasteiger partial charge in [-0.15, -0.1) is 0 Å². The van der Waals surface area contributed by atoms with Gasteiger partial charge in [0.1, 0.15) is 18.2 Å². The number of unbranched alkanes of at least 4 members (excludes halogenated alkanes) is 1. The van der Waals surface area contributed by atoms with Crippen molar-refractivity contribution in [1.29, 1.82) is 0 Å². The van der Waals surface area contributed by atoms with Crippen molar-refractivity contribution in [1.82, 2.24) is 9.80 Å². The van der Waals surface area contributed by atoms with E-state index >= 15 is 0 Å². The maximum absolute atomic E-state index is 14.3. The van der Waals surface area contributed by atoms with E-state index in [0.717, 1.165) is 70.3 Å². The average molecular weight is 483 g/mol. The topological polar surface area (TPSA) is 59.1 Å². The highest BCUT2D eigenvalue weighted by atomic mass is 19.1. The summed E-state index contributed by atoms with van der Waals surface area (Å²) in [6.07, 6.45) is 5.92. The molecular weight excluding hydrogens is 447 g/mol. The molecule has 2 heterocycles. The summed E-state index contributed by atoms with van der Waals surface area (Å²) >= 11 is 0. The molecule has 2 aliphatic rings. The van der Waals surface area contributed by atoms with Crippen molar-refractivity contribution in [2.24, 2.45) is 5.92 Å². The van der Waals surface area contributed by atoms with Crippen LogP contribution in [0.4, 0.5) is 9.18 Å². The van der Waals surface area contributed by atoms with Gasteiger partial charge in [-0.2, -0.15) is 0 Å². The Morgan fingerprint density at radius 3 is 2.40 bits per heavy atom. The fourth-order valence-corrected chi connectivity index (χ4v) is 4.54. The Kier molecular flexibility index (Phi) is 8.98. The minimum Gasteiger partial charge on any atom is -0.493 e. The third-order valence-electron chi connectivity index (χ3n) is 6.93. The zero-order valence-electron chi connectivity index (χ0n) is 20.3. The summed E-state index contributed by atoms with van der Waals surface area (Å²) < 4.78 is 25.5. The second-order valence-corrected chi connectivity index (χ2v) is 9.48. The Morgan fingerprint density at radius 2 is 1.71 bits per heavy atom. The van der Waals surface area contributed by atoms with Gasteiger partial charge in [-0.1, -0.05) is 42.8 Å². The number of hydrogen-bond acceptors (Lipinski definition) is 4.